The summed E-state index contributed by atoms with van der Waals surface area (Å²) in [7, 11) is 1.26. The highest BCUT2D eigenvalue weighted by Crippen LogP contribution is 2.15. The van der Waals surface area contributed by atoms with Crippen LogP contribution in [0.4, 0.5) is 0 Å². The number of hydrogen-bond donors (Lipinski definition) is 0. The van der Waals surface area contributed by atoms with E-state index in [1.807, 2.05) is 0 Å². The van der Waals surface area contributed by atoms with Crippen LogP contribution in [-0.2, 0) is 11.3 Å². The van der Waals surface area contributed by atoms with Gasteiger partial charge in [-0.15, -0.1) is 0 Å². The van der Waals surface area contributed by atoms with Crippen molar-refractivity contribution < 1.29 is 9.53 Å². The Hall–Kier alpha value is -1.78. The fourth-order valence-electron chi connectivity index (χ4n) is 0.926. The largest absolute Gasteiger partial charge is 0.465 e. The molecule has 1 aromatic rings. The molecule has 0 aliphatic heterocycles. The molecule has 1 heterocycles. The molecule has 0 radical (unpaired) electrons. The van der Waals surface area contributed by atoms with Gasteiger partial charge >= 0.3 is 5.97 Å². The van der Waals surface area contributed by atoms with E-state index >= 15 is 0 Å². The third kappa shape index (κ3) is 2.83. The molecule has 1 aromatic heterocycles. The summed E-state index contributed by atoms with van der Waals surface area (Å²) < 4.78 is 4.49. The van der Waals surface area contributed by atoms with Crippen LogP contribution in [0.2, 0.25) is 5.15 Å². The van der Waals surface area contributed by atoms with Crippen molar-refractivity contribution in [2.24, 2.45) is 5.11 Å². The number of pyridine rings is 1. The topological polar surface area (TPSA) is 88.0 Å². The van der Waals surface area contributed by atoms with Crippen LogP contribution in [0, 0.1) is 0 Å². The molecule has 0 fully saturated rings. The van der Waals surface area contributed by atoms with Crippen molar-refractivity contribution in [1.82, 2.24) is 4.98 Å². The van der Waals surface area contributed by atoms with Crippen molar-refractivity contribution in [3.8, 4) is 0 Å². The van der Waals surface area contributed by atoms with E-state index in [4.69, 9.17) is 17.1 Å². The van der Waals surface area contributed by atoms with Crippen LogP contribution in [0.1, 0.15) is 16.1 Å². The summed E-state index contributed by atoms with van der Waals surface area (Å²) in [6, 6.07) is 3.02. The molecule has 6 nitrogen and oxygen atoms in total. The lowest BCUT2D eigenvalue weighted by Crippen LogP contribution is -2.04. The van der Waals surface area contributed by atoms with Crippen LogP contribution in [0.5, 0.6) is 0 Å². The van der Waals surface area contributed by atoms with Gasteiger partial charge in [0.1, 0.15) is 5.15 Å². The number of nitrogens with zero attached hydrogens (tertiary/aromatic N) is 4. The van der Waals surface area contributed by atoms with Gasteiger partial charge in [0.2, 0.25) is 0 Å². The van der Waals surface area contributed by atoms with Crippen molar-refractivity contribution in [2.45, 2.75) is 6.54 Å². The number of rotatable bonds is 3. The Kier molecular flexibility index (Phi) is 3.91. The van der Waals surface area contributed by atoms with Gasteiger partial charge in [-0.3, -0.25) is 0 Å². The van der Waals surface area contributed by atoms with Gasteiger partial charge in [0.25, 0.3) is 0 Å². The lowest BCUT2D eigenvalue weighted by molar-refractivity contribution is 0.0600. The first kappa shape index (κ1) is 11.3. The van der Waals surface area contributed by atoms with E-state index < -0.39 is 5.97 Å². The van der Waals surface area contributed by atoms with Crippen molar-refractivity contribution >= 4 is 17.6 Å². The van der Waals surface area contributed by atoms with Gasteiger partial charge in [0, 0.05) is 10.6 Å². The maximum absolute atomic E-state index is 11.1. The molecule has 0 saturated heterocycles. The second-order valence-electron chi connectivity index (χ2n) is 2.52. The highest BCUT2D eigenvalue weighted by atomic mass is 35.5. The first-order chi connectivity index (χ1) is 7.19. The van der Waals surface area contributed by atoms with Crippen molar-refractivity contribution in [3.63, 3.8) is 0 Å². The van der Waals surface area contributed by atoms with Gasteiger partial charge in [-0.25, -0.2) is 9.78 Å². The number of methoxy groups -OCH3 is 1. The number of carbonyl (C=O) groups excluding carboxylic acids is 1. The first-order valence-electron chi connectivity index (χ1n) is 3.93. The molecule has 0 N–H and O–H groups in total. The summed E-state index contributed by atoms with van der Waals surface area (Å²) >= 11 is 5.74. The Balaban J connectivity index is 2.97. The highest BCUT2D eigenvalue weighted by Gasteiger charge is 2.11. The molecule has 0 spiro atoms. The van der Waals surface area contributed by atoms with E-state index in [0.717, 1.165) is 0 Å². The van der Waals surface area contributed by atoms with Crippen LogP contribution >= 0.6 is 11.6 Å². The highest BCUT2D eigenvalue weighted by molar-refractivity contribution is 6.32. The Morgan fingerprint density at radius 3 is 3.00 bits per heavy atom. The number of hydrogen-bond acceptors (Lipinski definition) is 4. The molecule has 78 valence electrons. The Morgan fingerprint density at radius 2 is 2.47 bits per heavy atom. The quantitative estimate of drug-likeness (QED) is 0.260. The lowest BCUT2D eigenvalue weighted by atomic mass is 10.2. The molecule has 0 atom stereocenters. The zero-order valence-electron chi connectivity index (χ0n) is 7.85. The zero-order valence-corrected chi connectivity index (χ0v) is 8.60. The molecule has 0 saturated carbocycles. The Morgan fingerprint density at radius 1 is 1.73 bits per heavy atom. The molecule has 15 heavy (non-hydrogen) atoms. The van der Waals surface area contributed by atoms with E-state index in [1.54, 1.807) is 6.07 Å². The normalized spacial score (nSPS) is 9.20. The summed E-state index contributed by atoms with van der Waals surface area (Å²) in [6.07, 6.45) is 0. The molecule has 0 amide bonds. The number of esters is 1. The van der Waals surface area contributed by atoms with Gasteiger partial charge in [-0.05, 0) is 17.7 Å². The van der Waals surface area contributed by atoms with Crippen molar-refractivity contribution in [2.75, 3.05) is 7.11 Å². The monoisotopic (exact) mass is 226 g/mol. The number of aromatic nitrogens is 1. The molecule has 1 rings (SSSR count). The molecular formula is C8H7ClN4O2. The number of halogens is 1. The molecule has 0 aliphatic carbocycles. The molecule has 0 unspecified atom stereocenters. The van der Waals surface area contributed by atoms with Gasteiger partial charge < -0.3 is 4.74 Å². The molecular weight excluding hydrogens is 220 g/mol. The minimum atomic E-state index is -0.553. The third-order valence-corrected chi connectivity index (χ3v) is 1.90. The average Bonchev–Trinajstić information content (AvgIpc) is 2.25. The molecule has 0 bridgehead atoms. The minimum Gasteiger partial charge on any atom is -0.465 e. The third-order valence-electron chi connectivity index (χ3n) is 1.61. The van der Waals surface area contributed by atoms with Crippen molar-refractivity contribution in [3.05, 3.63) is 39.0 Å². The van der Waals surface area contributed by atoms with E-state index in [-0.39, 0.29) is 17.3 Å². The minimum absolute atomic E-state index is 0.0347. The Bertz CT molecular complexity index is 429. The second-order valence-corrected chi connectivity index (χ2v) is 2.88. The van der Waals surface area contributed by atoms with Gasteiger partial charge in [0.05, 0.1) is 19.2 Å². The maximum Gasteiger partial charge on any atom is 0.341 e. The number of carbonyl (C=O) groups is 1. The predicted octanol–water partition coefficient (Wildman–Crippen LogP) is 2.33. The Labute approximate surface area is 90.5 Å². The van der Waals surface area contributed by atoms with E-state index in [9.17, 15) is 4.79 Å². The summed E-state index contributed by atoms with van der Waals surface area (Å²) in [4.78, 5) is 17.6. The van der Waals surface area contributed by atoms with E-state index in [2.05, 4.69) is 19.7 Å². The summed E-state index contributed by atoms with van der Waals surface area (Å²) in [5.41, 5.74) is 8.78. The average molecular weight is 227 g/mol. The number of azide groups is 1. The van der Waals surface area contributed by atoms with E-state index in [0.29, 0.717) is 5.69 Å². The van der Waals surface area contributed by atoms with E-state index in [1.165, 1.54) is 13.2 Å². The van der Waals surface area contributed by atoms with Gasteiger partial charge in [-0.1, -0.05) is 16.7 Å². The molecule has 0 aromatic carbocycles. The fraction of sp³-hybridized carbons (Fsp3) is 0.250. The number of ether oxygens (including phenoxy) is 1. The summed E-state index contributed by atoms with van der Waals surface area (Å²) in [6.45, 7) is 0.0949. The lowest BCUT2D eigenvalue weighted by Gasteiger charge is -2.02. The van der Waals surface area contributed by atoms with Crippen LogP contribution in [0.25, 0.3) is 10.4 Å². The van der Waals surface area contributed by atoms with Gasteiger partial charge in [0.15, 0.2) is 0 Å². The van der Waals surface area contributed by atoms with Crippen molar-refractivity contribution in [1.29, 1.82) is 0 Å². The van der Waals surface area contributed by atoms with Crippen LogP contribution in [0.15, 0.2) is 17.2 Å². The molecule has 7 heteroatoms. The smallest absolute Gasteiger partial charge is 0.341 e. The van der Waals surface area contributed by atoms with Crippen LogP contribution in [0.3, 0.4) is 0 Å². The summed E-state index contributed by atoms with van der Waals surface area (Å²) in [5.74, 6) is -0.553. The van der Waals surface area contributed by atoms with Gasteiger partial charge in [-0.2, -0.15) is 0 Å². The first-order valence-corrected chi connectivity index (χ1v) is 4.31. The summed E-state index contributed by atoms with van der Waals surface area (Å²) in [5, 5.41) is 3.36. The standard InChI is InChI=1S/C8H7ClN4O2/c1-15-8(14)6-3-2-5(4-11-13-10)12-7(6)9/h2-3H,4H2,1H3. The van der Waals surface area contributed by atoms with Crippen LogP contribution in [-0.4, -0.2) is 18.1 Å². The second kappa shape index (κ2) is 5.19. The zero-order chi connectivity index (χ0) is 11.3. The predicted molar refractivity (Wildman–Crippen MR) is 53.4 cm³/mol. The SMILES string of the molecule is COC(=O)c1ccc(CN=[N+]=[N-])nc1Cl. The maximum atomic E-state index is 11.1. The molecule has 0 aliphatic rings. The van der Waals surface area contributed by atoms with Crippen LogP contribution < -0.4 is 0 Å². The fourth-order valence-corrected chi connectivity index (χ4v) is 1.17.